The van der Waals surface area contributed by atoms with Gasteiger partial charge in [-0.15, -0.1) is 22.7 Å². The van der Waals surface area contributed by atoms with E-state index in [9.17, 15) is 4.79 Å². The van der Waals surface area contributed by atoms with Gasteiger partial charge >= 0.3 is 0 Å². The molecule has 0 aliphatic carbocycles. The van der Waals surface area contributed by atoms with Gasteiger partial charge in [0.05, 0.1) is 32.9 Å². The first-order valence-corrected chi connectivity index (χ1v) is 9.79. The van der Waals surface area contributed by atoms with Gasteiger partial charge in [-0.3, -0.25) is 4.79 Å². The highest BCUT2D eigenvalue weighted by Crippen LogP contribution is 2.33. The largest absolute Gasteiger partial charge is 0.493 e. The van der Waals surface area contributed by atoms with Crippen molar-refractivity contribution in [1.82, 2.24) is 9.88 Å². The van der Waals surface area contributed by atoms with Gasteiger partial charge in [0.25, 0.3) is 0 Å². The topological polar surface area (TPSA) is 51.7 Å². The van der Waals surface area contributed by atoms with E-state index in [1.807, 2.05) is 48.1 Å². The molecule has 0 aliphatic heterocycles. The maximum atomic E-state index is 12.4. The monoisotopic (exact) mass is 388 g/mol. The van der Waals surface area contributed by atoms with Gasteiger partial charge in [0.15, 0.2) is 11.5 Å². The van der Waals surface area contributed by atoms with Gasteiger partial charge in [0.1, 0.15) is 5.01 Å². The van der Waals surface area contributed by atoms with E-state index in [0.29, 0.717) is 24.5 Å². The Balaban J connectivity index is 1.68. The average Bonchev–Trinajstić information content (AvgIpc) is 3.33. The predicted octanol–water partition coefficient (Wildman–Crippen LogP) is 4.09. The molecule has 0 N–H and O–H groups in total. The number of carbonyl (C=O) groups is 1. The van der Waals surface area contributed by atoms with Gasteiger partial charge in [-0.2, -0.15) is 0 Å². The maximum absolute atomic E-state index is 12.4. The summed E-state index contributed by atoms with van der Waals surface area (Å²) >= 11 is 3.17. The van der Waals surface area contributed by atoms with Crippen molar-refractivity contribution in [3.63, 3.8) is 0 Å². The number of rotatable bonds is 7. The van der Waals surface area contributed by atoms with Crippen molar-refractivity contribution in [2.75, 3.05) is 21.3 Å². The number of nitrogens with zero attached hydrogens (tertiary/aromatic N) is 2. The first kappa shape index (κ1) is 18.4. The quantitative estimate of drug-likeness (QED) is 0.612. The molecule has 0 aliphatic rings. The predicted molar refractivity (Wildman–Crippen MR) is 105 cm³/mol. The second kappa shape index (κ2) is 8.33. The van der Waals surface area contributed by atoms with Gasteiger partial charge in [-0.05, 0) is 29.6 Å². The van der Waals surface area contributed by atoms with E-state index in [1.165, 1.54) is 16.2 Å². The Bertz CT molecular complexity index is 875. The molecule has 1 aromatic carbocycles. The van der Waals surface area contributed by atoms with Gasteiger partial charge in [-0.1, -0.05) is 6.07 Å². The number of likely N-dealkylation sites (N-methyl/N-ethyl adjacent to an activating group) is 1. The van der Waals surface area contributed by atoms with Crippen LogP contribution in [0.25, 0.3) is 10.6 Å². The summed E-state index contributed by atoms with van der Waals surface area (Å²) in [4.78, 5) is 19.9. The number of hydrogen-bond donors (Lipinski definition) is 0. The molecule has 0 radical (unpaired) electrons. The Hall–Kier alpha value is -2.38. The summed E-state index contributed by atoms with van der Waals surface area (Å²) in [7, 11) is 5.04. The van der Waals surface area contributed by atoms with Crippen LogP contribution in [-0.4, -0.2) is 37.1 Å². The summed E-state index contributed by atoms with van der Waals surface area (Å²) in [6, 6.07) is 9.72. The lowest BCUT2D eigenvalue weighted by Gasteiger charge is -2.15. The number of methoxy groups -OCH3 is 2. The Morgan fingerprint density at radius 2 is 1.96 bits per heavy atom. The maximum Gasteiger partial charge on any atom is 0.228 e. The van der Waals surface area contributed by atoms with E-state index >= 15 is 0 Å². The second-order valence-corrected chi connectivity index (χ2v) is 7.61. The van der Waals surface area contributed by atoms with Crippen LogP contribution in [0.3, 0.4) is 0 Å². The first-order chi connectivity index (χ1) is 12.6. The molecular formula is C19H20N2O3S2. The van der Waals surface area contributed by atoms with Crippen molar-refractivity contribution in [3.05, 3.63) is 51.7 Å². The van der Waals surface area contributed by atoms with E-state index in [-0.39, 0.29) is 5.91 Å². The molecule has 26 heavy (non-hydrogen) atoms. The highest BCUT2D eigenvalue weighted by Gasteiger charge is 2.14. The van der Waals surface area contributed by atoms with E-state index in [4.69, 9.17) is 9.47 Å². The highest BCUT2D eigenvalue weighted by molar-refractivity contribution is 7.13. The molecule has 5 nitrogen and oxygen atoms in total. The van der Waals surface area contributed by atoms with Gasteiger partial charge in [0.2, 0.25) is 5.91 Å². The average molecular weight is 389 g/mol. The lowest BCUT2D eigenvalue weighted by Crippen LogP contribution is -2.27. The van der Waals surface area contributed by atoms with Crippen LogP contribution in [0.2, 0.25) is 0 Å². The molecule has 3 aromatic rings. The first-order valence-electron chi connectivity index (χ1n) is 8.04. The normalized spacial score (nSPS) is 10.6. The van der Waals surface area contributed by atoms with E-state index in [2.05, 4.69) is 4.98 Å². The molecule has 0 saturated heterocycles. The zero-order valence-electron chi connectivity index (χ0n) is 14.9. The number of carbonyl (C=O) groups excluding carboxylic acids is 1. The molecule has 1 amide bonds. The Morgan fingerprint density at radius 3 is 2.65 bits per heavy atom. The van der Waals surface area contributed by atoms with Crippen LogP contribution in [0.1, 0.15) is 10.6 Å². The van der Waals surface area contributed by atoms with Crippen LogP contribution < -0.4 is 9.47 Å². The minimum Gasteiger partial charge on any atom is -0.493 e. The number of ether oxygens (including phenoxy) is 2. The molecule has 2 heterocycles. The lowest BCUT2D eigenvalue weighted by atomic mass is 10.2. The molecule has 0 bridgehead atoms. The third-order valence-corrected chi connectivity index (χ3v) is 5.71. The molecule has 0 atom stereocenters. The summed E-state index contributed by atoms with van der Waals surface area (Å²) in [5.41, 5.74) is 1.72. The third kappa shape index (κ3) is 4.23. The molecule has 0 unspecified atom stereocenters. The number of hydrogen-bond acceptors (Lipinski definition) is 6. The zero-order valence-corrected chi connectivity index (χ0v) is 16.5. The fourth-order valence-electron chi connectivity index (χ4n) is 2.50. The van der Waals surface area contributed by atoms with Gasteiger partial charge in [-0.25, -0.2) is 4.98 Å². The van der Waals surface area contributed by atoms with Crippen molar-refractivity contribution in [1.29, 1.82) is 0 Å². The molecule has 0 spiro atoms. The van der Waals surface area contributed by atoms with E-state index in [0.717, 1.165) is 16.3 Å². The van der Waals surface area contributed by atoms with Crippen molar-refractivity contribution in [3.8, 4) is 22.1 Å². The zero-order chi connectivity index (χ0) is 18.5. The molecule has 0 saturated carbocycles. The Morgan fingerprint density at radius 1 is 1.15 bits per heavy atom. The van der Waals surface area contributed by atoms with Crippen LogP contribution in [0.5, 0.6) is 11.5 Å². The van der Waals surface area contributed by atoms with Crippen molar-refractivity contribution in [2.24, 2.45) is 0 Å². The van der Waals surface area contributed by atoms with E-state index in [1.54, 1.807) is 30.5 Å². The molecule has 0 fully saturated rings. The molecular weight excluding hydrogens is 368 g/mol. The third-order valence-electron chi connectivity index (χ3n) is 3.91. The minimum absolute atomic E-state index is 0.0579. The van der Waals surface area contributed by atoms with Crippen molar-refractivity contribution >= 4 is 28.6 Å². The molecule has 3 rings (SSSR count). The number of thiophene rings is 1. The number of amides is 1. The lowest BCUT2D eigenvalue weighted by molar-refractivity contribution is -0.129. The van der Waals surface area contributed by atoms with Crippen LogP contribution in [0, 0.1) is 0 Å². The summed E-state index contributed by atoms with van der Waals surface area (Å²) < 4.78 is 10.6. The SMILES string of the molecule is COc1ccc(-c2nc(CC(=O)N(C)Cc3cccs3)cs2)cc1OC. The summed E-state index contributed by atoms with van der Waals surface area (Å²) in [5, 5.41) is 4.81. The van der Waals surface area contributed by atoms with Crippen LogP contribution >= 0.6 is 22.7 Å². The molecule has 7 heteroatoms. The summed E-state index contributed by atoms with van der Waals surface area (Å²) in [6.07, 6.45) is 0.297. The van der Waals surface area contributed by atoms with Crippen LogP contribution in [0.15, 0.2) is 41.1 Å². The summed E-state index contributed by atoms with van der Waals surface area (Å²) in [6.45, 7) is 0.628. The van der Waals surface area contributed by atoms with E-state index < -0.39 is 0 Å². The number of benzene rings is 1. The van der Waals surface area contributed by atoms with Crippen molar-refractivity contribution < 1.29 is 14.3 Å². The fourth-order valence-corrected chi connectivity index (χ4v) is 4.08. The number of aromatic nitrogens is 1. The number of thiazole rings is 1. The smallest absolute Gasteiger partial charge is 0.228 e. The second-order valence-electron chi connectivity index (χ2n) is 5.72. The highest BCUT2D eigenvalue weighted by atomic mass is 32.1. The van der Waals surface area contributed by atoms with Crippen LogP contribution in [0.4, 0.5) is 0 Å². The standard InChI is InChI=1S/C19H20N2O3S2/c1-21(11-15-5-4-8-25-15)18(22)10-14-12-26-19(20-14)13-6-7-16(23-2)17(9-13)24-3/h4-9,12H,10-11H2,1-3H3. The fraction of sp³-hybridized carbons (Fsp3) is 0.263. The van der Waals surface area contributed by atoms with Crippen LogP contribution in [-0.2, 0) is 17.8 Å². The summed E-state index contributed by atoms with van der Waals surface area (Å²) in [5.74, 6) is 1.40. The Labute approximate surface area is 160 Å². The Kier molecular flexibility index (Phi) is 5.90. The van der Waals surface area contributed by atoms with Crippen molar-refractivity contribution in [2.45, 2.75) is 13.0 Å². The van der Waals surface area contributed by atoms with Gasteiger partial charge < -0.3 is 14.4 Å². The minimum atomic E-state index is 0.0579. The molecule has 2 aromatic heterocycles. The van der Waals surface area contributed by atoms with Gasteiger partial charge in [0, 0.05) is 22.9 Å². The molecule has 136 valence electrons.